The Labute approximate surface area is 113 Å². The lowest BCUT2D eigenvalue weighted by Crippen LogP contribution is -2.21. The molecule has 2 heterocycles. The Balaban J connectivity index is 1.87. The molecule has 0 amide bonds. The first kappa shape index (κ1) is 12.8. The number of aromatic nitrogens is 4. The molecular formula is C11H14BrN5O. The van der Waals surface area contributed by atoms with Crippen molar-refractivity contribution in [1.82, 2.24) is 19.3 Å². The zero-order chi connectivity index (χ0) is 13.0. The van der Waals surface area contributed by atoms with Gasteiger partial charge in [0.2, 0.25) is 0 Å². The summed E-state index contributed by atoms with van der Waals surface area (Å²) < 4.78 is 3.82. The molecule has 2 aromatic rings. The molecular weight excluding hydrogens is 298 g/mol. The standard InChI is InChI=1S/C11H14BrN5O/c1-16-11(18)10(12)9(7-15-16)14-3-2-5-17-6-4-13-8-17/h4,6-8,14H,2-3,5H2,1H3. The van der Waals surface area contributed by atoms with Crippen LogP contribution in [0.2, 0.25) is 0 Å². The van der Waals surface area contributed by atoms with Crippen LogP contribution in [0.15, 0.2) is 34.2 Å². The Morgan fingerprint density at radius 3 is 3.06 bits per heavy atom. The second-order valence-electron chi connectivity index (χ2n) is 3.88. The Morgan fingerprint density at radius 2 is 2.33 bits per heavy atom. The maximum Gasteiger partial charge on any atom is 0.282 e. The first-order valence-corrected chi connectivity index (χ1v) is 6.39. The average molecular weight is 312 g/mol. The fourth-order valence-electron chi connectivity index (χ4n) is 1.54. The summed E-state index contributed by atoms with van der Waals surface area (Å²) in [6.07, 6.45) is 8.06. The quantitative estimate of drug-likeness (QED) is 0.844. The molecule has 0 fully saturated rings. The molecule has 0 aliphatic heterocycles. The fraction of sp³-hybridized carbons (Fsp3) is 0.364. The number of halogens is 1. The van der Waals surface area contributed by atoms with E-state index in [1.54, 1.807) is 25.8 Å². The first-order valence-electron chi connectivity index (χ1n) is 5.60. The number of anilines is 1. The van der Waals surface area contributed by atoms with Gasteiger partial charge in [-0.15, -0.1) is 0 Å². The molecule has 0 spiro atoms. The number of nitrogens with zero attached hydrogens (tertiary/aromatic N) is 4. The number of hydrogen-bond acceptors (Lipinski definition) is 4. The molecule has 0 atom stereocenters. The van der Waals surface area contributed by atoms with Gasteiger partial charge in [-0.2, -0.15) is 5.10 Å². The first-order chi connectivity index (χ1) is 8.68. The van der Waals surface area contributed by atoms with Crippen LogP contribution in [-0.4, -0.2) is 25.9 Å². The van der Waals surface area contributed by atoms with Crippen LogP contribution < -0.4 is 10.9 Å². The number of nitrogens with one attached hydrogen (secondary N) is 1. The highest BCUT2D eigenvalue weighted by Crippen LogP contribution is 2.15. The van der Waals surface area contributed by atoms with Crippen molar-refractivity contribution in [3.63, 3.8) is 0 Å². The molecule has 7 heteroatoms. The van der Waals surface area contributed by atoms with Crippen LogP contribution in [0.5, 0.6) is 0 Å². The van der Waals surface area contributed by atoms with Crippen molar-refractivity contribution in [2.75, 3.05) is 11.9 Å². The molecule has 0 saturated heterocycles. The molecule has 0 saturated carbocycles. The molecule has 0 aliphatic carbocycles. The molecule has 2 aromatic heterocycles. The Morgan fingerprint density at radius 1 is 1.50 bits per heavy atom. The van der Waals surface area contributed by atoms with E-state index >= 15 is 0 Å². The van der Waals surface area contributed by atoms with Gasteiger partial charge >= 0.3 is 0 Å². The maximum absolute atomic E-state index is 11.6. The molecule has 0 bridgehead atoms. The van der Waals surface area contributed by atoms with E-state index in [9.17, 15) is 4.79 Å². The van der Waals surface area contributed by atoms with Gasteiger partial charge in [0.15, 0.2) is 0 Å². The Hall–Kier alpha value is -1.63. The van der Waals surface area contributed by atoms with Gasteiger partial charge in [-0.1, -0.05) is 0 Å². The van der Waals surface area contributed by atoms with E-state index in [1.165, 1.54) is 4.68 Å². The van der Waals surface area contributed by atoms with E-state index < -0.39 is 0 Å². The van der Waals surface area contributed by atoms with E-state index in [-0.39, 0.29) is 5.56 Å². The lowest BCUT2D eigenvalue weighted by atomic mass is 10.4. The van der Waals surface area contributed by atoms with Crippen LogP contribution in [0, 0.1) is 0 Å². The lowest BCUT2D eigenvalue weighted by Gasteiger charge is -2.08. The molecule has 18 heavy (non-hydrogen) atoms. The van der Waals surface area contributed by atoms with E-state index in [2.05, 4.69) is 31.3 Å². The molecule has 1 N–H and O–H groups in total. The van der Waals surface area contributed by atoms with Crippen molar-refractivity contribution in [2.24, 2.45) is 7.05 Å². The van der Waals surface area contributed by atoms with Crippen molar-refractivity contribution in [1.29, 1.82) is 0 Å². The van der Waals surface area contributed by atoms with Gasteiger partial charge < -0.3 is 9.88 Å². The highest BCUT2D eigenvalue weighted by molar-refractivity contribution is 9.10. The van der Waals surface area contributed by atoms with Crippen molar-refractivity contribution in [3.05, 3.63) is 39.7 Å². The second kappa shape index (κ2) is 5.81. The van der Waals surface area contributed by atoms with Crippen LogP contribution >= 0.6 is 15.9 Å². The van der Waals surface area contributed by atoms with E-state index in [0.29, 0.717) is 4.47 Å². The van der Waals surface area contributed by atoms with E-state index in [0.717, 1.165) is 25.2 Å². The zero-order valence-corrected chi connectivity index (χ0v) is 11.6. The topological polar surface area (TPSA) is 64.7 Å². The largest absolute Gasteiger partial charge is 0.383 e. The summed E-state index contributed by atoms with van der Waals surface area (Å²) in [6, 6.07) is 0. The Bertz CT molecular complexity index is 563. The van der Waals surface area contributed by atoms with Gasteiger partial charge in [-0.25, -0.2) is 9.67 Å². The molecule has 2 rings (SSSR count). The highest BCUT2D eigenvalue weighted by atomic mass is 79.9. The van der Waals surface area contributed by atoms with E-state index in [1.807, 2.05) is 10.8 Å². The van der Waals surface area contributed by atoms with Gasteiger partial charge in [-0.05, 0) is 22.4 Å². The smallest absolute Gasteiger partial charge is 0.282 e. The third kappa shape index (κ3) is 2.98. The molecule has 0 aliphatic rings. The molecule has 0 radical (unpaired) electrons. The van der Waals surface area contributed by atoms with Gasteiger partial charge in [0.05, 0.1) is 18.2 Å². The van der Waals surface area contributed by atoms with E-state index in [4.69, 9.17) is 0 Å². The summed E-state index contributed by atoms with van der Waals surface area (Å²) in [7, 11) is 1.62. The normalized spacial score (nSPS) is 10.6. The summed E-state index contributed by atoms with van der Waals surface area (Å²) in [4.78, 5) is 15.6. The molecule has 6 nitrogen and oxygen atoms in total. The van der Waals surface area contributed by atoms with Crippen LogP contribution in [0.25, 0.3) is 0 Å². The van der Waals surface area contributed by atoms with Crippen LogP contribution in [0.4, 0.5) is 5.69 Å². The van der Waals surface area contributed by atoms with Crippen molar-refractivity contribution < 1.29 is 0 Å². The summed E-state index contributed by atoms with van der Waals surface area (Å²) in [5.41, 5.74) is 0.582. The van der Waals surface area contributed by atoms with Crippen molar-refractivity contribution >= 4 is 21.6 Å². The summed E-state index contributed by atoms with van der Waals surface area (Å²) in [5, 5.41) is 7.15. The van der Waals surface area contributed by atoms with Gasteiger partial charge in [0.25, 0.3) is 5.56 Å². The highest BCUT2D eigenvalue weighted by Gasteiger charge is 2.05. The maximum atomic E-state index is 11.6. The third-order valence-electron chi connectivity index (χ3n) is 2.55. The molecule has 0 aromatic carbocycles. The fourth-order valence-corrected chi connectivity index (χ4v) is 2.04. The SMILES string of the molecule is Cn1ncc(NCCCn2ccnc2)c(Br)c1=O. The number of rotatable bonds is 5. The monoisotopic (exact) mass is 311 g/mol. The van der Waals surface area contributed by atoms with Gasteiger partial charge in [0, 0.05) is 32.5 Å². The second-order valence-corrected chi connectivity index (χ2v) is 4.67. The van der Waals surface area contributed by atoms with Crippen molar-refractivity contribution in [3.8, 4) is 0 Å². The average Bonchev–Trinajstić information content (AvgIpc) is 2.87. The Kier molecular flexibility index (Phi) is 4.14. The van der Waals surface area contributed by atoms with Crippen LogP contribution in [0.3, 0.4) is 0 Å². The van der Waals surface area contributed by atoms with Gasteiger partial charge in [-0.3, -0.25) is 4.79 Å². The minimum absolute atomic E-state index is 0.144. The predicted molar refractivity (Wildman–Crippen MR) is 72.5 cm³/mol. The minimum atomic E-state index is -0.144. The number of hydrogen-bond donors (Lipinski definition) is 1. The summed E-state index contributed by atoms with van der Waals surface area (Å²) >= 11 is 3.27. The van der Waals surface area contributed by atoms with Crippen LogP contribution in [0.1, 0.15) is 6.42 Å². The lowest BCUT2D eigenvalue weighted by molar-refractivity contribution is 0.658. The van der Waals surface area contributed by atoms with Gasteiger partial charge in [0.1, 0.15) is 4.47 Å². The molecule has 0 unspecified atom stereocenters. The third-order valence-corrected chi connectivity index (χ3v) is 3.31. The number of aryl methyl sites for hydroxylation is 2. The molecule has 96 valence electrons. The van der Waals surface area contributed by atoms with Crippen molar-refractivity contribution in [2.45, 2.75) is 13.0 Å². The van der Waals surface area contributed by atoms with Crippen LogP contribution in [-0.2, 0) is 13.6 Å². The number of imidazole rings is 1. The summed E-state index contributed by atoms with van der Waals surface area (Å²) in [6.45, 7) is 1.66. The minimum Gasteiger partial charge on any atom is -0.383 e. The summed E-state index contributed by atoms with van der Waals surface area (Å²) in [5.74, 6) is 0. The predicted octanol–water partition coefficient (Wildman–Crippen LogP) is 1.24. The zero-order valence-electron chi connectivity index (χ0n) is 10.0.